The summed E-state index contributed by atoms with van der Waals surface area (Å²) in [7, 11) is -3.77. The first-order valence-electron chi connectivity index (χ1n) is 8.17. The molecule has 0 fully saturated rings. The van der Waals surface area contributed by atoms with Crippen molar-refractivity contribution >= 4 is 39.2 Å². The molecule has 1 aromatic carbocycles. The number of aromatic nitrogens is 2. The standard InChI is InChI=1S/C17H19N5O3S2/c1-10-8-9-18-16(19-10)22-27(24,25)14-6-4-13(5-7-14)21-17-20-11(2)15(26-17)12(3)23/h4-9,17,20-21H,1-3H3,(H,18,19,22)/p+1. The third kappa shape index (κ3) is 4.65. The number of hydrogen-bond acceptors (Lipinski definition) is 7. The molecule has 1 atom stereocenters. The van der Waals surface area contributed by atoms with E-state index in [2.05, 4.69) is 20.0 Å². The Morgan fingerprint density at radius 1 is 1.19 bits per heavy atom. The molecule has 4 N–H and O–H groups in total. The molecule has 0 saturated carbocycles. The maximum atomic E-state index is 12.5. The number of quaternary nitrogens is 1. The number of sulfonamides is 1. The Morgan fingerprint density at radius 2 is 1.89 bits per heavy atom. The maximum Gasteiger partial charge on any atom is 0.264 e. The fraction of sp³-hybridized carbons (Fsp3) is 0.235. The van der Waals surface area contributed by atoms with Gasteiger partial charge in [-0.15, -0.1) is 0 Å². The number of carbonyl (C=O) groups is 1. The van der Waals surface area contributed by atoms with Gasteiger partial charge in [0.1, 0.15) is 10.6 Å². The molecule has 2 heterocycles. The van der Waals surface area contributed by atoms with E-state index in [0.29, 0.717) is 5.69 Å². The first-order valence-corrected chi connectivity index (χ1v) is 10.5. The van der Waals surface area contributed by atoms with E-state index < -0.39 is 10.0 Å². The van der Waals surface area contributed by atoms with Crippen LogP contribution in [0.3, 0.4) is 0 Å². The monoisotopic (exact) mass is 406 g/mol. The number of ketones is 1. The number of hydrogen-bond donors (Lipinski definition) is 3. The van der Waals surface area contributed by atoms with Crippen LogP contribution in [0.5, 0.6) is 0 Å². The molecule has 1 aromatic heterocycles. The molecule has 1 unspecified atom stereocenters. The van der Waals surface area contributed by atoms with E-state index in [1.54, 1.807) is 32.0 Å². The molecule has 0 amide bonds. The molecule has 10 heteroatoms. The second-order valence-corrected chi connectivity index (χ2v) is 8.90. The van der Waals surface area contributed by atoms with Crippen LogP contribution in [0.15, 0.2) is 52.0 Å². The van der Waals surface area contributed by atoms with Crippen molar-refractivity contribution in [2.24, 2.45) is 0 Å². The van der Waals surface area contributed by atoms with Crippen LogP contribution >= 0.6 is 11.8 Å². The molecule has 0 saturated heterocycles. The van der Waals surface area contributed by atoms with Crippen LogP contribution in [0, 0.1) is 6.92 Å². The van der Waals surface area contributed by atoms with Crippen LogP contribution in [0.25, 0.3) is 0 Å². The van der Waals surface area contributed by atoms with E-state index in [1.165, 1.54) is 30.1 Å². The first-order chi connectivity index (χ1) is 12.7. The predicted octanol–water partition coefficient (Wildman–Crippen LogP) is 1.41. The molecule has 1 aliphatic heterocycles. The molecule has 8 nitrogen and oxygen atoms in total. The van der Waals surface area contributed by atoms with E-state index in [-0.39, 0.29) is 22.1 Å². The zero-order chi connectivity index (χ0) is 19.6. The smallest absolute Gasteiger partial charge is 0.264 e. The van der Waals surface area contributed by atoms with Crippen LogP contribution < -0.4 is 15.4 Å². The van der Waals surface area contributed by atoms with Crippen LogP contribution in [0.4, 0.5) is 11.6 Å². The number of nitrogens with one attached hydrogen (secondary N) is 2. The summed E-state index contributed by atoms with van der Waals surface area (Å²) in [4.78, 5) is 20.4. The highest BCUT2D eigenvalue weighted by Crippen LogP contribution is 2.27. The van der Waals surface area contributed by atoms with Gasteiger partial charge in [-0.2, -0.15) is 0 Å². The van der Waals surface area contributed by atoms with Gasteiger partial charge < -0.3 is 5.32 Å². The van der Waals surface area contributed by atoms with Crippen molar-refractivity contribution in [3.05, 3.63) is 52.8 Å². The number of rotatable bonds is 6. The fourth-order valence-electron chi connectivity index (χ4n) is 2.56. The Bertz CT molecular complexity index is 1000. The minimum Gasteiger partial charge on any atom is -0.327 e. The normalized spacial score (nSPS) is 17.1. The van der Waals surface area contributed by atoms with Gasteiger partial charge in [-0.3, -0.25) is 10.1 Å². The summed E-state index contributed by atoms with van der Waals surface area (Å²) >= 11 is 1.45. The highest BCUT2D eigenvalue weighted by atomic mass is 32.2. The predicted molar refractivity (Wildman–Crippen MR) is 104 cm³/mol. The Balaban J connectivity index is 1.67. The van der Waals surface area contributed by atoms with Gasteiger partial charge in [0.2, 0.25) is 11.4 Å². The van der Waals surface area contributed by atoms with Gasteiger partial charge in [-0.1, -0.05) is 0 Å². The number of carbonyl (C=O) groups excluding carboxylic acids is 1. The molecule has 142 valence electrons. The third-order valence-corrected chi connectivity index (χ3v) is 6.52. The molecule has 0 radical (unpaired) electrons. The van der Waals surface area contributed by atoms with Gasteiger partial charge in [0.15, 0.2) is 5.78 Å². The molecule has 2 aromatic rings. The summed E-state index contributed by atoms with van der Waals surface area (Å²) in [5.41, 5.74) is 2.31. The van der Waals surface area contributed by atoms with E-state index >= 15 is 0 Å². The molecule has 3 rings (SSSR count). The summed E-state index contributed by atoms with van der Waals surface area (Å²) in [5, 5.41) is 5.24. The zero-order valence-electron chi connectivity index (χ0n) is 15.1. The summed E-state index contributed by atoms with van der Waals surface area (Å²) in [6.07, 6.45) is 1.49. The van der Waals surface area contributed by atoms with E-state index in [0.717, 1.165) is 16.3 Å². The van der Waals surface area contributed by atoms with Crippen molar-refractivity contribution < 1.29 is 18.5 Å². The Morgan fingerprint density at radius 3 is 2.48 bits per heavy atom. The van der Waals surface area contributed by atoms with Crippen LogP contribution in [0.1, 0.15) is 19.5 Å². The summed E-state index contributed by atoms with van der Waals surface area (Å²) < 4.78 is 27.3. The topological polar surface area (TPSA) is 118 Å². The number of thioether (sulfide) groups is 1. The van der Waals surface area contributed by atoms with Gasteiger partial charge in [-0.25, -0.2) is 23.1 Å². The molecule has 0 spiro atoms. The number of allylic oxidation sites excluding steroid dienone is 2. The van der Waals surface area contributed by atoms with Crippen molar-refractivity contribution in [3.63, 3.8) is 0 Å². The first kappa shape index (κ1) is 19.3. The fourth-order valence-corrected chi connectivity index (χ4v) is 4.65. The highest BCUT2D eigenvalue weighted by molar-refractivity contribution is 8.04. The van der Waals surface area contributed by atoms with Gasteiger partial charge in [0.05, 0.1) is 4.90 Å². The zero-order valence-corrected chi connectivity index (χ0v) is 16.7. The lowest BCUT2D eigenvalue weighted by Crippen LogP contribution is -2.86. The number of anilines is 2. The van der Waals surface area contributed by atoms with E-state index in [9.17, 15) is 13.2 Å². The quantitative estimate of drug-likeness (QED) is 0.664. The molecule has 0 bridgehead atoms. The van der Waals surface area contributed by atoms with Gasteiger partial charge in [0.25, 0.3) is 10.0 Å². The van der Waals surface area contributed by atoms with Crippen LogP contribution in [-0.2, 0) is 14.8 Å². The second kappa shape index (κ2) is 7.67. The minimum absolute atomic E-state index is 0.0347. The SMILES string of the molecule is CC(=O)C1=C(C)[NH2+]C(Nc2ccc(S(=O)(=O)Nc3nccc(C)n3)cc2)S1. The molecule has 27 heavy (non-hydrogen) atoms. The minimum atomic E-state index is -3.77. The summed E-state index contributed by atoms with van der Waals surface area (Å²) in [6.45, 7) is 5.21. The molecule has 0 aliphatic carbocycles. The number of Topliss-reactive ketones (excluding diaryl/α,β-unsaturated/α-hetero) is 1. The second-order valence-electron chi connectivity index (χ2n) is 6.07. The van der Waals surface area contributed by atoms with Gasteiger partial charge >= 0.3 is 0 Å². The lowest BCUT2D eigenvalue weighted by atomic mass is 10.3. The van der Waals surface area contributed by atoms with Crippen LogP contribution in [-0.4, -0.2) is 29.7 Å². The van der Waals surface area contributed by atoms with E-state index in [4.69, 9.17) is 0 Å². The van der Waals surface area contributed by atoms with Crippen molar-refractivity contribution in [2.45, 2.75) is 31.2 Å². The van der Waals surface area contributed by atoms with Crippen LogP contribution in [0.2, 0.25) is 0 Å². The third-order valence-electron chi connectivity index (χ3n) is 3.82. The van der Waals surface area contributed by atoms with Gasteiger partial charge in [-0.05, 0) is 55.9 Å². The number of aryl methyl sites for hydroxylation is 1. The Hall–Kier alpha value is -2.43. The Labute approximate surface area is 161 Å². The lowest BCUT2D eigenvalue weighted by molar-refractivity contribution is -0.610. The molecular weight excluding hydrogens is 386 g/mol. The van der Waals surface area contributed by atoms with Gasteiger partial charge in [0, 0.05) is 24.5 Å². The number of nitrogens with zero attached hydrogens (tertiary/aromatic N) is 2. The Kier molecular flexibility index (Phi) is 5.49. The largest absolute Gasteiger partial charge is 0.327 e. The van der Waals surface area contributed by atoms with E-state index in [1.807, 2.05) is 12.2 Å². The van der Waals surface area contributed by atoms with Crippen molar-refractivity contribution in [1.29, 1.82) is 0 Å². The number of nitrogens with two attached hydrogens (primary N) is 1. The molecule has 1 aliphatic rings. The highest BCUT2D eigenvalue weighted by Gasteiger charge is 2.29. The number of benzene rings is 1. The maximum absolute atomic E-state index is 12.5. The average molecular weight is 407 g/mol. The van der Waals surface area contributed by atoms with Crippen molar-refractivity contribution in [3.8, 4) is 0 Å². The van der Waals surface area contributed by atoms with Crippen molar-refractivity contribution in [1.82, 2.24) is 9.97 Å². The molecular formula is C17H20N5O3S2+. The summed E-state index contributed by atoms with van der Waals surface area (Å²) in [5.74, 6) is 0.0800. The lowest BCUT2D eigenvalue weighted by Gasteiger charge is -2.12. The van der Waals surface area contributed by atoms with Crippen molar-refractivity contribution in [2.75, 3.05) is 10.0 Å². The summed E-state index contributed by atoms with van der Waals surface area (Å²) in [6, 6.07) is 8.06. The average Bonchev–Trinajstić information content (AvgIpc) is 2.95.